The molecule has 1 fully saturated rings. The molecule has 147 valence electrons. The van der Waals surface area contributed by atoms with Crippen LogP contribution in [0.5, 0.6) is 11.5 Å². The number of anilines is 2. The van der Waals surface area contributed by atoms with Crippen molar-refractivity contribution in [3.05, 3.63) is 42.5 Å². The van der Waals surface area contributed by atoms with Crippen molar-refractivity contribution in [2.75, 3.05) is 23.3 Å². The smallest absolute Gasteiger partial charge is 0.404 e. The molecule has 2 heterocycles. The predicted octanol–water partition coefficient (Wildman–Crippen LogP) is 5.42. The Hall–Kier alpha value is -2.68. The van der Waals surface area contributed by atoms with Crippen LogP contribution in [0.15, 0.2) is 42.5 Å². The summed E-state index contributed by atoms with van der Waals surface area (Å²) in [6, 6.07) is 11.1. The number of halogens is 3. The average molecular weight is 408 g/mol. The van der Waals surface area contributed by atoms with Gasteiger partial charge >= 0.3 is 6.36 Å². The maximum absolute atomic E-state index is 12.6. The van der Waals surface area contributed by atoms with E-state index < -0.39 is 6.36 Å². The third-order valence-electron chi connectivity index (χ3n) is 4.61. The molecule has 4 rings (SSSR count). The zero-order valence-corrected chi connectivity index (χ0v) is 15.5. The summed E-state index contributed by atoms with van der Waals surface area (Å²) >= 11 is 1.38. The van der Waals surface area contributed by atoms with Gasteiger partial charge in [-0.2, -0.15) is 0 Å². The van der Waals surface area contributed by atoms with E-state index in [1.54, 1.807) is 18.2 Å². The average Bonchev–Trinajstić information content (AvgIpc) is 3.09. The van der Waals surface area contributed by atoms with Crippen molar-refractivity contribution in [2.24, 2.45) is 0 Å². The van der Waals surface area contributed by atoms with Crippen molar-refractivity contribution < 1.29 is 23.0 Å². The van der Waals surface area contributed by atoms with Crippen LogP contribution >= 0.6 is 11.3 Å². The summed E-state index contributed by atoms with van der Waals surface area (Å²) in [4.78, 5) is 6.65. The van der Waals surface area contributed by atoms with E-state index in [-0.39, 0.29) is 17.5 Å². The largest absolute Gasteiger partial charge is 0.573 e. The fraction of sp³-hybridized carbons (Fsp3) is 0.316. The van der Waals surface area contributed by atoms with Crippen molar-refractivity contribution in [2.45, 2.75) is 25.2 Å². The van der Waals surface area contributed by atoms with Crippen molar-refractivity contribution in [3.8, 4) is 11.5 Å². The van der Waals surface area contributed by atoms with Crippen LogP contribution in [0, 0.1) is 0 Å². The molecular weight excluding hydrogens is 391 g/mol. The Kier molecular flexibility index (Phi) is 4.92. The fourth-order valence-electron chi connectivity index (χ4n) is 3.28. The number of fused-ring (bicyclic) bond motifs is 1. The van der Waals surface area contributed by atoms with Crippen LogP contribution in [0.25, 0.3) is 10.2 Å². The SMILES string of the molecule is [O]c1cccc2nc(N3CCC(Nc4ccccc4OC(F)(F)F)CC3)sc12. The van der Waals surface area contributed by atoms with Gasteiger partial charge in [-0.05, 0) is 37.1 Å². The van der Waals surface area contributed by atoms with Crippen molar-refractivity contribution in [3.63, 3.8) is 0 Å². The number of nitrogens with zero attached hydrogens (tertiary/aromatic N) is 2. The van der Waals surface area contributed by atoms with Crippen molar-refractivity contribution >= 4 is 32.4 Å². The molecule has 0 saturated carbocycles. The second-order valence-electron chi connectivity index (χ2n) is 6.55. The number of hydrogen-bond acceptors (Lipinski definition) is 5. The van der Waals surface area contributed by atoms with E-state index in [1.165, 1.54) is 29.5 Å². The Balaban J connectivity index is 1.41. The van der Waals surface area contributed by atoms with Crippen LogP contribution in [0.1, 0.15) is 12.8 Å². The molecule has 1 radical (unpaired) electrons. The van der Waals surface area contributed by atoms with Gasteiger partial charge in [0.15, 0.2) is 16.6 Å². The van der Waals surface area contributed by atoms with Gasteiger partial charge in [-0.15, -0.1) is 13.2 Å². The highest BCUT2D eigenvalue weighted by Crippen LogP contribution is 2.36. The van der Waals surface area contributed by atoms with E-state index in [0.717, 1.165) is 18.0 Å². The molecule has 3 aromatic rings. The number of para-hydroxylation sites is 2. The van der Waals surface area contributed by atoms with Crippen LogP contribution in [-0.2, 0) is 5.11 Å². The number of nitrogens with one attached hydrogen (secondary N) is 1. The number of alkyl halides is 3. The number of rotatable bonds is 4. The Morgan fingerprint density at radius 1 is 1.11 bits per heavy atom. The van der Waals surface area contributed by atoms with Gasteiger partial charge in [-0.3, -0.25) is 5.11 Å². The second kappa shape index (κ2) is 7.38. The molecule has 1 aromatic heterocycles. The monoisotopic (exact) mass is 408 g/mol. The van der Waals surface area contributed by atoms with Crippen molar-refractivity contribution in [1.29, 1.82) is 0 Å². The molecule has 1 N–H and O–H groups in total. The van der Waals surface area contributed by atoms with E-state index in [9.17, 15) is 18.3 Å². The number of thiazole rings is 1. The lowest BCUT2D eigenvalue weighted by molar-refractivity contribution is -0.274. The van der Waals surface area contributed by atoms with Crippen LogP contribution < -0.4 is 15.0 Å². The minimum atomic E-state index is -4.73. The summed E-state index contributed by atoms with van der Waals surface area (Å²) in [6.07, 6.45) is -3.25. The molecule has 1 saturated heterocycles. The van der Waals surface area contributed by atoms with E-state index in [4.69, 9.17) is 0 Å². The van der Waals surface area contributed by atoms with E-state index in [0.29, 0.717) is 29.0 Å². The number of hydrogen-bond donors (Lipinski definition) is 1. The molecule has 5 nitrogen and oxygen atoms in total. The third kappa shape index (κ3) is 4.09. The number of aromatic nitrogens is 1. The standard InChI is InChI=1S/C19H17F3N3O2S/c20-19(21,22)27-16-7-2-1-4-13(16)23-12-8-10-25(11-9-12)18-24-14-5-3-6-15(26)17(14)28-18/h1-7,12,23H,8-11H2. The van der Waals surface area contributed by atoms with E-state index in [2.05, 4.69) is 19.9 Å². The molecule has 1 aliphatic heterocycles. The van der Waals surface area contributed by atoms with Gasteiger partial charge in [0.25, 0.3) is 0 Å². The zero-order chi connectivity index (χ0) is 19.7. The minimum Gasteiger partial charge on any atom is -0.404 e. The fourth-order valence-corrected chi connectivity index (χ4v) is 4.31. The molecule has 0 spiro atoms. The van der Waals surface area contributed by atoms with Crippen LogP contribution in [-0.4, -0.2) is 30.5 Å². The molecule has 0 bridgehead atoms. The highest BCUT2D eigenvalue weighted by molar-refractivity contribution is 7.22. The first-order chi connectivity index (χ1) is 13.4. The topological polar surface area (TPSA) is 57.3 Å². The molecular formula is C19H17F3N3O2S. The van der Waals surface area contributed by atoms with Gasteiger partial charge in [0.1, 0.15) is 4.70 Å². The lowest BCUT2D eigenvalue weighted by atomic mass is 10.0. The summed E-state index contributed by atoms with van der Waals surface area (Å²) in [5.74, 6) is -0.259. The summed E-state index contributed by atoms with van der Waals surface area (Å²) in [5.41, 5.74) is 1.03. The normalized spacial score (nSPS) is 15.8. The third-order valence-corrected chi connectivity index (χ3v) is 5.75. The summed E-state index contributed by atoms with van der Waals surface area (Å²) in [5, 5.41) is 15.9. The number of ether oxygens (including phenoxy) is 1. The van der Waals surface area contributed by atoms with Gasteiger partial charge in [0, 0.05) is 19.1 Å². The van der Waals surface area contributed by atoms with Gasteiger partial charge in [0.2, 0.25) is 0 Å². The van der Waals surface area contributed by atoms with Gasteiger partial charge in [-0.1, -0.05) is 29.5 Å². The lowest BCUT2D eigenvalue weighted by Crippen LogP contribution is -2.39. The Morgan fingerprint density at radius 3 is 2.57 bits per heavy atom. The van der Waals surface area contributed by atoms with Gasteiger partial charge in [0.05, 0.1) is 11.2 Å². The minimum absolute atomic E-state index is 0.0266. The summed E-state index contributed by atoms with van der Waals surface area (Å²) in [7, 11) is 0. The zero-order valence-electron chi connectivity index (χ0n) is 14.7. The maximum atomic E-state index is 12.6. The van der Waals surface area contributed by atoms with Crippen LogP contribution in [0.2, 0.25) is 0 Å². The molecule has 9 heteroatoms. The maximum Gasteiger partial charge on any atom is 0.573 e. The van der Waals surface area contributed by atoms with Crippen LogP contribution in [0.4, 0.5) is 24.0 Å². The summed E-state index contributed by atoms with van der Waals surface area (Å²) < 4.78 is 42.5. The molecule has 0 unspecified atom stereocenters. The highest BCUT2D eigenvalue weighted by atomic mass is 32.1. The van der Waals surface area contributed by atoms with E-state index >= 15 is 0 Å². The Morgan fingerprint density at radius 2 is 1.86 bits per heavy atom. The number of piperidine rings is 1. The Bertz CT molecular complexity index is 968. The molecule has 0 amide bonds. The van der Waals surface area contributed by atoms with Crippen molar-refractivity contribution in [1.82, 2.24) is 4.98 Å². The second-order valence-corrected chi connectivity index (χ2v) is 7.53. The summed E-state index contributed by atoms with van der Waals surface area (Å²) in [6.45, 7) is 1.40. The quantitative estimate of drug-likeness (QED) is 0.626. The lowest BCUT2D eigenvalue weighted by Gasteiger charge is -2.33. The van der Waals surface area contributed by atoms with E-state index in [1.807, 2.05) is 6.07 Å². The molecule has 0 aliphatic carbocycles. The molecule has 1 aliphatic rings. The van der Waals surface area contributed by atoms with Gasteiger partial charge < -0.3 is 15.0 Å². The Labute approximate surface area is 163 Å². The highest BCUT2D eigenvalue weighted by Gasteiger charge is 2.32. The number of benzene rings is 2. The first-order valence-corrected chi connectivity index (χ1v) is 9.63. The molecule has 2 aromatic carbocycles. The van der Waals surface area contributed by atoms with Crippen LogP contribution in [0.3, 0.4) is 0 Å². The first-order valence-electron chi connectivity index (χ1n) is 8.82. The first kappa shape index (κ1) is 18.7. The predicted molar refractivity (Wildman–Crippen MR) is 102 cm³/mol. The van der Waals surface area contributed by atoms with Gasteiger partial charge in [-0.25, -0.2) is 4.98 Å². The molecule has 28 heavy (non-hydrogen) atoms. The molecule has 0 atom stereocenters.